The van der Waals surface area contributed by atoms with Crippen molar-refractivity contribution in [1.82, 2.24) is 4.90 Å². The summed E-state index contributed by atoms with van der Waals surface area (Å²) in [6.45, 7) is 3.38. The van der Waals surface area contributed by atoms with Crippen LogP contribution in [0.3, 0.4) is 0 Å². The molecule has 2 rings (SSSR count). The standard InChI is InChI=1S/C13H11Cl2NO3/c1-6(2)16-12(18)10(11(17)13(16)19)8-4-3-7(14)5-9(8)15/h3-6,17H,1-2H3. The van der Waals surface area contributed by atoms with E-state index >= 15 is 0 Å². The minimum Gasteiger partial charge on any atom is -0.502 e. The maximum absolute atomic E-state index is 12.2. The van der Waals surface area contributed by atoms with Crippen LogP contribution < -0.4 is 0 Å². The molecule has 0 aliphatic carbocycles. The highest BCUT2D eigenvalue weighted by molar-refractivity contribution is 6.40. The molecule has 4 nitrogen and oxygen atoms in total. The van der Waals surface area contributed by atoms with Gasteiger partial charge in [-0.2, -0.15) is 0 Å². The van der Waals surface area contributed by atoms with Crippen LogP contribution in [0.5, 0.6) is 0 Å². The molecule has 0 aromatic heterocycles. The van der Waals surface area contributed by atoms with Gasteiger partial charge in [-0.25, -0.2) is 0 Å². The predicted octanol–water partition coefficient (Wildman–Crippen LogP) is 3.04. The molecule has 0 spiro atoms. The van der Waals surface area contributed by atoms with E-state index in [1.165, 1.54) is 12.1 Å². The van der Waals surface area contributed by atoms with Gasteiger partial charge in [-0.05, 0) is 26.0 Å². The summed E-state index contributed by atoms with van der Waals surface area (Å²) in [5.41, 5.74) is 0.213. The van der Waals surface area contributed by atoms with Crippen molar-refractivity contribution in [2.75, 3.05) is 0 Å². The van der Waals surface area contributed by atoms with Crippen LogP contribution >= 0.6 is 23.2 Å². The van der Waals surface area contributed by atoms with Crippen molar-refractivity contribution in [3.8, 4) is 0 Å². The number of hydrogen-bond acceptors (Lipinski definition) is 3. The SMILES string of the molecule is CC(C)N1C(=O)C(O)=C(c2ccc(Cl)cc2Cl)C1=O. The Bertz CT molecular complexity index is 608. The van der Waals surface area contributed by atoms with Gasteiger partial charge in [0.15, 0.2) is 5.76 Å². The highest BCUT2D eigenvalue weighted by Crippen LogP contribution is 2.34. The number of amides is 2. The second-order valence-corrected chi connectivity index (χ2v) is 5.27. The van der Waals surface area contributed by atoms with E-state index < -0.39 is 17.6 Å². The quantitative estimate of drug-likeness (QED) is 0.854. The molecule has 2 amide bonds. The number of carbonyl (C=O) groups excluding carboxylic acids is 2. The van der Waals surface area contributed by atoms with Crippen molar-refractivity contribution in [3.63, 3.8) is 0 Å². The molecule has 0 saturated carbocycles. The van der Waals surface area contributed by atoms with E-state index in [1.54, 1.807) is 19.9 Å². The van der Waals surface area contributed by atoms with Crippen molar-refractivity contribution in [2.45, 2.75) is 19.9 Å². The summed E-state index contributed by atoms with van der Waals surface area (Å²) in [5, 5.41) is 10.5. The Morgan fingerprint density at radius 2 is 1.79 bits per heavy atom. The molecule has 19 heavy (non-hydrogen) atoms. The van der Waals surface area contributed by atoms with Crippen molar-refractivity contribution < 1.29 is 14.7 Å². The van der Waals surface area contributed by atoms with Gasteiger partial charge in [0, 0.05) is 16.6 Å². The molecule has 1 aromatic carbocycles. The lowest BCUT2D eigenvalue weighted by atomic mass is 10.1. The number of carbonyl (C=O) groups is 2. The molecule has 100 valence electrons. The molecule has 6 heteroatoms. The van der Waals surface area contributed by atoms with E-state index in [0.29, 0.717) is 10.6 Å². The average Bonchev–Trinajstić information content (AvgIpc) is 2.52. The number of aliphatic hydroxyl groups excluding tert-OH is 1. The van der Waals surface area contributed by atoms with Crippen LogP contribution in [0.4, 0.5) is 0 Å². The predicted molar refractivity (Wildman–Crippen MR) is 73.0 cm³/mol. The van der Waals surface area contributed by atoms with Crippen LogP contribution in [0.1, 0.15) is 19.4 Å². The van der Waals surface area contributed by atoms with Gasteiger partial charge >= 0.3 is 0 Å². The van der Waals surface area contributed by atoms with Gasteiger partial charge in [0.1, 0.15) is 0 Å². The summed E-state index contributed by atoms with van der Waals surface area (Å²) in [4.78, 5) is 25.0. The fraction of sp³-hybridized carbons (Fsp3) is 0.231. The van der Waals surface area contributed by atoms with E-state index in [2.05, 4.69) is 0 Å². The monoisotopic (exact) mass is 299 g/mol. The number of hydrogen-bond donors (Lipinski definition) is 1. The van der Waals surface area contributed by atoms with E-state index in [9.17, 15) is 14.7 Å². The lowest BCUT2D eigenvalue weighted by molar-refractivity contribution is -0.139. The molecular formula is C13H11Cl2NO3. The third kappa shape index (κ3) is 2.22. The molecule has 0 radical (unpaired) electrons. The topological polar surface area (TPSA) is 57.6 Å². The summed E-state index contributed by atoms with van der Waals surface area (Å²) < 4.78 is 0. The third-order valence-electron chi connectivity index (χ3n) is 2.81. The summed E-state index contributed by atoms with van der Waals surface area (Å²) in [7, 11) is 0. The second kappa shape index (κ2) is 4.87. The van der Waals surface area contributed by atoms with Crippen LogP contribution in [0.25, 0.3) is 5.57 Å². The Labute approximate surface area is 120 Å². The zero-order chi connectivity index (χ0) is 14.3. The average molecular weight is 300 g/mol. The molecule has 0 fully saturated rings. The summed E-state index contributed by atoms with van der Waals surface area (Å²) >= 11 is 11.8. The molecule has 1 N–H and O–H groups in total. The molecule has 1 aliphatic heterocycles. The van der Waals surface area contributed by atoms with Gasteiger partial charge in [0.2, 0.25) is 0 Å². The normalized spacial score (nSPS) is 15.9. The number of aliphatic hydroxyl groups is 1. The maximum atomic E-state index is 12.2. The first-order valence-corrected chi connectivity index (χ1v) is 6.36. The van der Waals surface area contributed by atoms with Crippen LogP contribution in [0.2, 0.25) is 10.0 Å². The minimum atomic E-state index is -0.707. The molecule has 0 saturated heterocycles. The Morgan fingerprint density at radius 3 is 2.26 bits per heavy atom. The van der Waals surface area contributed by atoms with Crippen LogP contribution in [0, 0.1) is 0 Å². The maximum Gasteiger partial charge on any atom is 0.296 e. The molecular weight excluding hydrogens is 289 g/mol. The van der Waals surface area contributed by atoms with E-state index in [0.717, 1.165) is 4.90 Å². The number of halogens is 2. The molecule has 0 unspecified atom stereocenters. The van der Waals surface area contributed by atoms with Gasteiger partial charge in [-0.3, -0.25) is 14.5 Å². The minimum absolute atomic E-state index is 0.0830. The fourth-order valence-corrected chi connectivity index (χ4v) is 2.44. The lowest BCUT2D eigenvalue weighted by Gasteiger charge is -2.18. The third-order valence-corrected chi connectivity index (χ3v) is 3.36. The molecule has 0 atom stereocenters. The van der Waals surface area contributed by atoms with Crippen LogP contribution in [-0.2, 0) is 9.59 Å². The highest BCUT2D eigenvalue weighted by Gasteiger charge is 2.41. The molecule has 1 aromatic rings. The first-order valence-electron chi connectivity index (χ1n) is 5.61. The molecule has 0 bridgehead atoms. The number of rotatable bonds is 2. The van der Waals surface area contributed by atoms with Crippen molar-refractivity contribution in [3.05, 3.63) is 39.6 Å². The van der Waals surface area contributed by atoms with Crippen LogP contribution in [-0.4, -0.2) is 27.9 Å². The number of imide groups is 1. The van der Waals surface area contributed by atoms with Gasteiger partial charge < -0.3 is 5.11 Å². The Kier molecular flexibility index (Phi) is 3.56. The fourth-order valence-electron chi connectivity index (χ4n) is 1.94. The van der Waals surface area contributed by atoms with Crippen molar-refractivity contribution in [1.29, 1.82) is 0 Å². The lowest BCUT2D eigenvalue weighted by Crippen LogP contribution is -2.37. The first kappa shape index (κ1) is 13.9. The van der Waals surface area contributed by atoms with E-state index in [4.69, 9.17) is 23.2 Å². The number of nitrogens with zero attached hydrogens (tertiary/aromatic N) is 1. The Morgan fingerprint density at radius 1 is 1.16 bits per heavy atom. The summed E-state index contributed by atoms with van der Waals surface area (Å²) in [6, 6.07) is 4.16. The van der Waals surface area contributed by atoms with E-state index in [1.807, 2.05) is 0 Å². The van der Waals surface area contributed by atoms with Gasteiger partial charge in [-0.15, -0.1) is 0 Å². The Hall–Kier alpha value is -1.52. The van der Waals surface area contributed by atoms with Crippen molar-refractivity contribution in [2.24, 2.45) is 0 Å². The number of benzene rings is 1. The zero-order valence-corrected chi connectivity index (χ0v) is 11.8. The van der Waals surface area contributed by atoms with Gasteiger partial charge in [-0.1, -0.05) is 29.3 Å². The molecule has 1 aliphatic rings. The Balaban J connectivity index is 2.56. The summed E-state index contributed by atoms with van der Waals surface area (Å²) in [6.07, 6.45) is 0. The zero-order valence-electron chi connectivity index (χ0n) is 10.3. The van der Waals surface area contributed by atoms with E-state index in [-0.39, 0.29) is 16.6 Å². The first-order chi connectivity index (χ1) is 8.84. The largest absolute Gasteiger partial charge is 0.502 e. The smallest absolute Gasteiger partial charge is 0.296 e. The van der Waals surface area contributed by atoms with Gasteiger partial charge in [0.05, 0.1) is 10.6 Å². The van der Waals surface area contributed by atoms with Crippen molar-refractivity contribution >= 4 is 40.6 Å². The summed E-state index contributed by atoms with van der Waals surface area (Å²) in [5.74, 6) is -1.84. The highest BCUT2D eigenvalue weighted by atomic mass is 35.5. The second-order valence-electron chi connectivity index (χ2n) is 4.42. The molecule has 1 heterocycles. The van der Waals surface area contributed by atoms with Gasteiger partial charge in [0.25, 0.3) is 11.8 Å². The van der Waals surface area contributed by atoms with Crippen LogP contribution in [0.15, 0.2) is 24.0 Å².